The minimum atomic E-state index is -0.502. The molecule has 0 aliphatic rings. The fourth-order valence-corrected chi connectivity index (χ4v) is 3.42. The first-order valence-electron chi connectivity index (χ1n) is 7.88. The number of hydrogen-bond donors (Lipinski definition) is 2. The Morgan fingerprint density at radius 3 is 2.82 bits per heavy atom. The van der Waals surface area contributed by atoms with Crippen molar-refractivity contribution in [2.45, 2.75) is 6.92 Å². The Hall–Kier alpha value is -3.97. The fourth-order valence-electron chi connectivity index (χ4n) is 2.50. The summed E-state index contributed by atoms with van der Waals surface area (Å²) in [5.74, 6) is 0.103. The largest absolute Gasteiger partial charge is 0.455 e. The topological polar surface area (TPSA) is 148 Å². The van der Waals surface area contributed by atoms with Crippen molar-refractivity contribution >= 4 is 34.1 Å². The molecule has 140 valence electrons. The van der Waals surface area contributed by atoms with Gasteiger partial charge in [0, 0.05) is 6.07 Å². The summed E-state index contributed by atoms with van der Waals surface area (Å²) in [5.41, 5.74) is 9.09. The SMILES string of the molecule is Cc1c(C(=O)N/N=C\c2ccc(-c3ccccc3[N+](=O)[O-])o2)sc(N)c1C#N. The number of anilines is 1. The van der Waals surface area contributed by atoms with E-state index < -0.39 is 10.8 Å². The predicted molar refractivity (Wildman–Crippen MR) is 104 cm³/mol. The van der Waals surface area contributed by atoms with Crippen LogP contribution in [0, 0.1) is 28.4 Å². The maximum Gasteiger partial charge on any atom is 0.281 e. The number of carbonyl (C=O) groups is 1. The monoisotopic (exact) mass is 395 g/mol. The highest BCUT2D eigenvalue weighted by molar-refractivity contribution is 7.18. The molecule has 0 bridgehead atoms. The highest BCUT2D eigenvalue weighted by atomic mass is 32.1. The van der Waals surface area contributed by atoms with Crippen molar-refractivity contribution in [1.82, 2.24) is 5.43 Å². The Kier molecular flexibility index (Phi) is 5.19. The Labute approximate surface area is 162 Å². The van der Waals surface area contributed by atoms with Gasteiger partial charge in [-0.3, -0.25) is 14.9 Å². The van der Waals surface area contributed by atoms with Gasteiger partial charge < -0.3 is 10.2 Å². The van der Waals surface area contributed by atoms with Crippen LogP contribution in [0.5, 0.6) is 0 Å². The van der Waals surface area contributed by atoms with Crippen LogP contribution in [0.2, 0.25) is 0 Å². The molecule has 0 spiro atoms. The second kappa shape index (κ2) is 7.73. The average molecular weight is 395 g/mol. The van der Waals surface area contributed by atoms with Crippen molar-refractivity contribution in [3.8, 4) is 17.4 Å². The van der Waals surface area contributed by atoms with Gasteiger partial charge in [-0.25, -0.2) is 5.43 Å². The number of hydrogen-bond acceptors (Lipinski definition) is 8. The molecule has 0 aliphatic carbocycles. The van der Waals surface area contributed by atoms with Crippen LogP contribution in [-0.2, 0) is 0 Å². The van der Waals surface area contributed by atoms with Crippen LogP contribution in [0.4, 0.5) is 10.7 Å². The molecule has 0 aliphatic heterocycles. The molecule has 2 aromatic heterocycles. The molecule has 9 nitrogen and oxygen atoms in total. The zero-order valence-electron chi connectivity index (χ0n) is 14.5. The number of nitro benzene ring substituents is 1. The summed E-state index contributed by atoms with van der Waals surface area (Å²) in [7, 11) is 0. The third-order valence-corrected chi connectivity index (χ3v) is 4.96. The van der Waals surface area contributed by atoms with E-state index >= 15 is 0 Å². The van der Waals surface area contributed by atoms with E-state index in [4.69, 9.17) is 15.4 Å². The first-order valence-corrected chi connectivity index (χ1v) is 8.70. The van der Waals surface area contributed by atoms with Crippen molar-refractivity contribution in [2.75, 3.05) is 5.73 Å². The van der Waals surface area contributed by atoms with E-state index in [2.05, 4.69) is 10.5 Å². The number of rotatable bonds is 5. The number of para-hydroxylation sites is 1. The van der Waals surface area contributed by atoms with Crippen molar-refractivity contribution in [2.24, 2.45) is 5.10 Å². The second-order valence-corrected chi connectivity index (χ2v) is 6.63. The first kappa shape index (κ1) is 18.8. The molecule has 0 saturated carbocycles. The zero-order valence-corrected chi connectivity index (χ0v) is 15.3. The summed E-state index contributed by atoms with van der Waals surface area (Å²) in [5, 5.41) is 24.2. The summed E-state index contributed by atoms with van der Waals surface area (Å²) >= 11 is 1.01. The lowest BCUT2D eigenvalue weighted by atomic mass is 10.1. The summed E-state index contributed by atoms with van der Waals surface area (Å²) in [4.78, 5) is 23.1. The quantitative estimate of drug-likeness (QED) is 0.384. The number of nitriles is 1. The number of nitrogen functional groups attached to an aromatic ring is 1. The van der Waals surface area contributed by atoms with E-state index in [1.165, 1.54) is 12.3 Å². The second-order valence-electron chi connectivity index (χ2n) is 5.58. The predicted octanol–water partition coefficient (Wildman–Crippen LogP) is 3.44. The fraction of sp³-hybridized carbons (Fsp3) is 0.0556. The van der Waals surface area contributed by atoms with Gasteiger partial charge in [0.2, 0.25) is 0 Å². The molecule has 3 N–H and O–H groups in total. The molecular weight excluding hydrogens is 382 g/mol. The summed E-state index contributed by atoms with van der Waals surface area (Å²) in [6.45, 7) is 1.63. The number of nitrogens with one attached hydrogen (secondary N) is 1. The molecular formula is C18H13N5O4S. The number of amides is 1. The highest BCUT2D eigenvalue weighted by Crippen LogP contribution is 2.31. The van der Waals surface area contributed by atoms with Gasteiger partial charge >= 0.3 is 0 Å². The molecule has 1 amide bonds. The lowest BCUT2D eigenvalue weighted by molar-refractivity contribution is -0.384. The molecule has 0 radical (unpaired) electrons. The molecule has 10 heteroatoms. The third kappa shape index (κ3) is 3.60. The minimum Gasteiger partial charge on any atom is -0.455 e. The molecule has 3 rings (SSSR count). The molecule has 0 saturated heterocycles. The molecule has 0 atom stereocenters. The van der Waals surface area contributed by atoms with Crippen molar-refractivity contribution in [1.29, 1.82) is 5.26 Å². The Balaban J connectivity index is 1.74. The minimum absolute atomic E-state index is 0.0762. The normalized spacial score (nSPS) is 10.7. The van der Waals surface area contributed by atoms with Crippen LogP contribution >= 0.6 is 11.3 Å². The summed E-state index contributed by atoms with van der Waals surface area (Å²) < 4.78 is 5.55. The van der Waals surface area contributed by atoms with Gasteiger partial charge in [-0.2, -0.15) is 10.4 Å². The summed E-state index contributed by atoms with van der Waals surface area (Å²) in [6, 6.07) is 11.3. The van der Waals surface area contributed by atoms with E-state index in [0.29, 0.717) is 27.5 Å². The lowest BCUT2D eigenvalue weighted by Crippen LogP contribution is -2.17. The van der Waals surface area contributed by atoms with Gasteiger partial charge in [-0.15, -0.1) is 11.3 Å². The first-order chi connectivity index (χ1) is 13.4. The molecule has 2 heterocycles. The van der Waals surface area contributed by atoms with Crippen LogP contribution in [0.1, 0.15) is 26.6 Å². The molecule has 3 aromatic rings. The smallest absolute Gasteiger partial charge is 0.281 e. The van der Waals surface area contributed by atoms with Gasteiger partial charge in [0.1, 0.15) is 27.5 Å². The average Bonchev–Trinajstić information content (AvgIpc) is 3.25. The molecule has 1 aromatic carbocycles. The molecule has 0 unspecified atom stereocenters. The Morgan fingerprint density at radius 2 is 2.14 bits per heavy atom. The molecule has 28 heavy (non-hydrogen) atoms. The van der Waals surface area contributed by atoms with Gasteiger partial charge in [-0.1, -0.05) is 12.1 Å². The Morgan fingerprint density at radius 1 is 1.39 bits per heavy atom. The van der Waals surface area contributed by atoms with Crippen molar-refractivity contribution in [3.63, 3.8) is 0 Å². The van der Waals surface area contributed by atoms with Crippen molar-refractivity contribution < 1.29 is 14.1 Å². The van der Waals surface area contributed by atoms with E-state index in [9.17, 15) is 14.9 Å². The number of carbonyl (C=O) groups excluding carboxylic acids is 1. The van der Waals surface area contributed by atoms with Crippen LogP contribution in [0.25, 0.3) is 11.3 Å². The van der Waals surface area contributed by atoms with Gasteiger partial charge in [0.05, 0.1) is 22.3 Å². The molecule has 0 fully saturated rings. The summed E-state index contributed by atoms with van der Waals surface area (Å²) in [6.07, 6.45) is 1.27. The Bertz CT molecular complexity index is 1140. The maximum absolute atomic E-state index is 12.2. The van der Waals surface area contributed by atoms with Crippen LogP contribution in [0.15, 0.2) is 45.9 Å². The standard InChI is InChI=1S/C18H13N5O4S/c1-10-13(8-19)17(20)28-16(10)18(24)22-21-9-11-6-7-15(27-11)12-4-2-3-5-14(12)23(25)26/h2-7,9H,20H2,1H3,(H,22,24)/b21-9-. The van der Waals surface area contributed by atoms with E-state index in [1.807, 2.05) is 6.07 Å². The van der Waals surface area contributed by atoms with Crippen molar-refractivity contribution in [3.05, 3.63) is 68.3 Å². The number of thiophene rings is 1. The zero-order chi connectivity index (χ0) is 20.3. The van der Waals surface area contributed by atoms with Gasteiger partial charge in [-0.05, 0) is 30.7 Å². The number of nitrogens with two attached hydrogens (primary N) is 1. The van der Waals surface area contributed by atoms with Gasteiger partial charge in [0.15, 0.2) is 0 Å². The van der Waals surface area contributed by atoms with E-state index in [0.717, 1.165) is 11.3 Å². The van der Waals surface area contributed by atoms with E-state index in [-0.39, 0.29) is 16.3 Å². The number of nitrogens with zero attached hydrogens (tertiary/aromatic N) is 3. The number of nitro groups is 1. The highest BCUT2D eigenvalue weighted by Gasteiger charge is 2.19. The van der Waals surface area contributed by atoms with Crippen LogP contribution in [0.3, 0.4) is 0 Å². The third-order valence-electron chi connectivity index (χ3n) is 3.84. The van der Waals surface area contributed by atoms with Crippen LogP contribution < -0.4 is 11.2 Å². The van der Waals surface area contributed by atoms with E-state index in [1.54, 1.807) is 37.3 Å². The number of benzene rings is 1. The van der Waals surface area contributed by atoms with Crippen LogP contribution in [-0.4, -0.2) is 17.0 Å². The van der Waals surface area contributed by atoms with Gasteiger partial charge in [0.25, 0.3) is 11.6 Å². The lowest BCUT2D eigenvalue weighted by Gasteiger charge is -1.99. The number of furan rings is 1. The number of hydrazone groups is 1. The maximum atomic E-state index is 12.2.